The smallest absolute Gasteiger partial charge is 0.0137 e. The van der Waals surface area contributed by atoms with E-state index in [1.54, 1.807) is 141 Å². The van der Waals surface area contributed by atoms with E-state index in [1.165, 1.54) is 51.4 Å². The SMILES string of the molecule is C1CCC(C2CCC3CC(N4C5CCCCC5C5C6C7CC(C8CCCCC8)CCC7N(C7CCCCC7)C6CCC54)CCC3C2)CC1. The largest absolute Gasteiger partial charge is 0.294 e. The quantitative estimate of drug-likeness (QED) is 0.297. The Morgan fingerprint density at radius 1 is 0.250 bits per heavy atom. The maximum Gasteiger partial charge on any atom is 0.0137 e. The van der Waals surface area contributed by atoms with Gasteiger partial charge in [0.2, 0.25) is 0 Å². The minimum Gasteiger partial charge on any atom is -0.294 e. The molecule has 48 heavy (non-hydrogen) atoms. The van der Waals surface area contributed by atoms with E-state index < -0.39 is 0 Å². The molecule has 0 aromatic carbocycles. The molecule has 8 saturated carbocycles. The van der Waals surface area contributed by atoms with Gasteiger partial charge in [0.15, 0.2) is 0 Å². The molecule has 2 saturated heterocycles. The first-order valence-corrected chi connectivity index (χ1v) is 23.4. The highest BCUT2D eigenvalue weighted by Crippen LogP contribution is 2.62. The average Bonchev–Trinajstić information content (AvgIpc) is 3.68. The van der Waals surface area contributed by atoms with Crippen LogP contribution in [0.1, 0.15) is 193 Å². The first-order valence-electron chi connectivity index (χ1n) is 23.4. The Morgan fingerprint density at radius 3 is 1.42 bits per heavy atom. The minimum absolute atomic E-state index is 0.947. The zero-order valence-electron chi connectivity index (χ0n) is 31.3. The third kappa shape index (κ3) is 5.75. The summed E-state index contributed by atoms with van der Waals surface area (Å²) in [5.41, 5.74) is 0. The lowest BCUT2D eigenvalue weighted by atomic mass is 9.59. The summed E-state index contributed by atoms with van der Waals surface area (Å²) in [5, 5.41) is 0. The molecule has 2 heteroatoms. The molecule has 10 fully saturated rings. The van der Waals surface area contributed by atoms with Gasteiger partial charge in [-0.15, -0.1) is 0 Å². The van der Waals surface area contributed by atoms with E-state index >= 15 is 0 Å². The maximum absolute atomic E-state index is 3.42. The van der Waals surface area contributed by atoms with Crippen molar-refractivity contribution < 1.29 is 0 Å². The Labute approximate surface area is 297 Å². The van der Waals surface area contributed by atoms with Crippen LogP contribution >= 0.6 is 0 Å². The van der Waals surface area contributed by atoms with Gasteiger partial charge in [0.25, 0.3) is 0 Å². The van der Waals surface area contributed by atoms with Gasteiger partial charge >= 0.3 is 0 Å². The average molecular weight is 657 g/mol. The van der Waals surface area contributed by atoms with E-state index in [4.69, 9.17) is 0 Å². The Bertz CT molecular complexity index is 1070. The van der Waals surface area contributed by atoms with E-state index in [0.717, 1.165) is 95.4 Å². The molecule has 2 nitrogen and oxygen atoms in total. The zero-order valence-corrected chi connectivity index (χ0v) is 31.3. The molecular formula is C46H76N2. The summed E-state index contributed by atoms with van der Waals surface area (Å²) in [7, 11) is 0. The van der Waals surface area contributed by atoms with Crippen molar-refractivity contribution in [3.63, 3.8) is 0 Å². The van der Waals surface area contributed by atoms with Crippen molar-refractivity contribution >= 4 is 0 Å². The second-order valence-electron chi connectivity index (χ2n) is 20.7. The van der Waals surface area contributed by atoms with Crippen LogP contribution < -0.4 is 0 Å². The van der Waals surface area contributed by atoms with Crippen LogP contribution in [0.2, 0.25) is 0 Å². The molecule has 270 valence electrons. The molecule has 2 heterocycles. The molecule has 0 amide bonds. The van der Waals surface area contributed by atoms with Crippen molar-refractivity contribution in [2.75, 3.05) is 0 Å². The van der Waals surface area contributed by atoms with Crippen LogP contribution in [0, 0.1) is 59.2 Å². The third-order valence-corrected chi connectivity index (χ3v) is 19.0. The predicted octanol–water partition coefficient (Wildman–Crippen LogP) is 11.8. The monoisotopic (exact) mass is 657 g/mol. The molecule has 10 rings (SSSR count). The molecule has 13 unspecified atom stereocenters. The molecule has 0 bridgehead atoms. The van der Waals surface area contributed by atoms with Crippen LogP contribution in [0.15, 0.2) is 0 Å². The van der Waals surface area contributed by atoms with E-state index in [1.807, 2.05) is 0 Å². The van der Waals surface area contributed by atoms with Crippen molar-refractivity contribution in [3.05, 3.63) is 0 Å². The Kier molecular flexibility index (Phi) is 9.53. The predicted molar refractivity (Wildman–Crippen MR) is 200 cm³/mol. The number of hydrogen-bond acceptors (Lipinski definition) is 2. The minimum atomic E-state index is 0.947. The van der Waals surface area contributed by atoms with Crippen LogP contribution in [0.4, 0.5) is 0 Å². The van der Waals surface area contributed by atoms with E-state index in [2.05, 4.69) is 9.80 Å². The van der Waals surface area contributed by atoms with E-state index in [-0.39, 0.29) is 0 Å². The highest BCUT2D eigenvalue weighted by atomic mass is 15.3. The number of nitrogens with zero attached hydrogens (tertiary/aromatic N) is 2. The zero-order chi connectivity index (χ0) is 31.6. The molecule has 0 spiro atoms. The summed E-state index contributed by atoms with van der Waals surface area (Å²) in [5.74, 6) is 10.8. The highest BCUT2D eigenvalue weighted by Gasteiger charge is 2.64. The maximum atomic E-state index is 3.42. The van der Waals surface area contributed by atoms with Gasteiger partial charge in [0, 0.05) is 36.3 Å². The van der Waals surface area contributed by atoms with Crippen molar-refractivity contribution in [2.45, 2.75) is 229 Å². The molecule has 8 aliphatic carbocycles. The first kappa shape index (κ1) is 32.6. The lowest BCUT2D eigenvalue weighted by Gasteiger charge is -2.50. The molecule has 0 aromatic rings. The fourth-order valence-electron chi connectivity index (χ4n) is 17.2. The standard InChI is InChI=1S/C46H76N2/c1-4-12-31(13-5-1)33-20-21-35-29-38(24-22-34(35)28-33)48-41-19-11-10-18-39(41)45-43(48)26-27-44-46(45)40-30-36(32-14-6-2-7-15-32)23-25-42(40)47(44)37-16-8-3-9-17-37/h31-46H,1-30H2. The summed E-state index contributed by atoms with van der Waals surface area (Å²) < 4.78 is 0. The second-order valence-corrected chi connectivity index (χ2v) is 20.7. The van der Waals surface area contributed by atoms with Gasteiger partial charge in [-0.2, -0.15) is 0 Å². The van der Waals surface area contributed by atoms with E-state index in [9.17, 15) is 0 Å². The van der Waals surface area contributed by atoms with Gasteiger partial charge in [0.1, 0.15) is 0 Å². The molecular weight excluding hydrogens is 581 g/mol. The number of fused-ring (bicyclic) bond motifs is 8. The number of likely N-dealkylation sites (tertiary alicyclic amines) is 2. The third-order valence-electron chi connectivity index (χ3n) is 19.0. The number of hydrogen-bond donors (Lipinski definition) is 0. The summed E-state index contributed by atoms with van der Waals surface area (Å²) in [4.78, 5) is 6.80. The Hall–Kier alpha value is -0.0800. The van der Waals surface area contributed by atoms with Gasteiger partial charge in [-0.1, -0.05) is 96.3 Å². The summed E-state index contributed by atoms with van der Waals surface area (Å²) in [6.45, 7) is 0. The molecule has 0 aromatic heterocycles. The highest BCUT2D eigenvalue weighted by molar-refractivity contribution is 5.17. The summed E-state index contributed by atoms with van der Waals surface area (Å²) in [6.07, 6.45) is 47.0. The van der Waals surface area contributed by atoms with Crippen LogP contribution in [0.3, 0.4) is 0 Å². The van der Waals surface area contributed by atoms with Crippen molar-refractivity contribution in [3.8, 4) is 0 Å². The first-order chi connectivity index (χ1) is 23.8. The number of rotatable bonds is 4. The van der Waals surface area contributed by atoms with E-state index in [0.29, 0.717) is 0 Å². The lowest BCUT2D eigenvalue weighted by molar-refractivity contribution is -0.00613. The van der Waals surface area contributed by atoms with Crippen LogP contribution in [0.25, 0.3) is 0 Å². The van der Waals surface area contributed by atoms with Gasteiger partial charge in [-0.25, -0.2) is 0 Å². The Balaban J connectivity index is 0.907. The van der Waals surface area contributed by atoms with Gasteiger partial charge in [0.05, 0.1) is 0 Å². The second kappa shape index (κ2) is 14.0. The molecule has 0 N–H and O–H groups in total. The van der Waals surface area contributed by atoms with Gasteiger partial charge in [-0.3, -0.25) is 9.80 Å². The molecule has 13 atom stereocenters. The van der Waals surface area contributed by atoms with Gasteiger partial charge < -0.3 is 0 Å². The molecule has 10 aliphatic rings. The summed E-state index contributed by atoms with van der Waals surface area (Å²) >= 11 is 0. The van der Waals surface area contributed by atoms with Crippen molar-refractivity contribution in [1.29, 1.82) is 0 Å². The van der Waals surface area contributed by atoms with Crippen LogP contribution in [0.5, 0.6) is 0 Å². The molecule has 0 radical (unpaired) electrons. The molecule has 2 aliphatic heterocycles. The fraction of sp³-hybridized carbons (Fsp3) is 1.00. The topological polar surface area (TPSA) is 6.48 Å². The normalized spacial score (nSPS) is 49.9. The summed E-state index contributed by atoms with van der Waals surface area (Å²) in [6, 6.07) is 5.75. The van der Waals surface area contributed by atoms with Crippen LogP contribution in [-0.2, 0) is 0 Å². The Morgan fingerprint density at radius 2 is 0.708 bits per heavy atom. The fourth-order valence-corrected chi connectivity index (χ4v) is 17.2. The van der Waals surface area contributed by atoms with Crippen LogP contribution in [-0.4, -0.2) is 46.1 Å². The van der Waals surface area contributed by atoms with Crippen molar-refractivity contribution in [1.82, 2.24) is 9.80 Å². The van der Waals surface area contributed by atoms with Crippen molar-refractivity contribution in [2.24, 2.45) is 59.2 Å². The lowest BCUT2D eigenvalue weighted by Crippen LogP contribution is -2.53. The van der Waals surface area contributed by atoms with Gasteiger partial charge in [-0.05, 0) is 155 Å².